The number of alkyl halides is 6. The van der Waals surface area contributed by atoms with E-state index in [0.29, 0.717) is 5.56 Å². The van der Waals surface area contributed by atoms with Gasteiger partial charge in [-0.15, -0.1) is 0 Å². The first-order chi connectivity index (χ1) is 10.4. The van der Waals surface area contributed by atoms with Crippen LogP contribution in [0.15, 0.2) is 18.3 Å². The van der Waals surface area contributed by atoms with E-state index in [9.17, 15) is 31.1 Å². The number of hydrogen-bond acceptors (Lipinski definition) is 1. The van der Waals surface area contributed by atoms with Crippen molar-refractivity contribution >= 4 is 28.3 Å². The van der Waals surface area contributed by atoms with Crippen LogP contribution in [0.5, 0.6) is 0 Å². The van der Waals surface area contributed by atoms with Crippen molar-refractivity contribution in [1.29, 1.82) is 0 Å². The number of ketones is 1. The Morgan fingerprint density at radius 3 is 2.30 bits per heavy atom. The number of carbonyl (C=O) groups is 1. The zero-order chi connectivity index (χ0) is 17.6. The summed E-state index contributed by atoms with van der Waals surface area (Å²) in [5.74, 6) is -2.14. The SMILES string of the molecule is Cc1cc(Cl)c2c(C(=O)C(F)(F)F)cn(CCC(F)(F)F)c2c1. The average Bonchev–Trinajstić information content (AvgIpc) is 2.72. The van der Waals surface area contributed by atoms with Crippen LogP contribution < -0.4 is 0 Å². The molecule has 0 bridgehead atoms. The van der Waals surface area contributed by atoms with Gasteiger partial charge in [-0.1, -0.05) is 11.6 Å². The van der Waals surface area contributed by atoms with Gasteiger partial charge >= 0.3 is 12.4 Å². The maximum atomic E-state index is 12.7. The number of Topliss-reactive ketones (excluding diaryl/α,β-unsaturated/α-hetero) is 1. The van der Waals surface area contributed by atoms with E-state index in [1.54, 1.807) is 6.92 Å². The van der Waals surface area contributed by atoms with Gasteiger partial charge in [0.2, 0.25) is 0 Å². The molecule has 9 heteroatoms. The van der Waals surface area contributed by atoms with Crippen molar-refractivity contribution in [3.63, 3.8) is 0 Å². The first-order valence-corrected chi connectivity index (χ1v) is 6.75. The average molecular weight is 358 g/mol. The maximum absolute atomic E-state index is 12.7. The Morgan fingerprint density at radius 1 is 1.17 bits per heavy atom. The molecule has 0 saturated carbocycles. The van der Waals surface area contributed by atoms with E-state index in [1.807, 2.05) is 0 Å². The Bertz CT molecular complexity index is 759. The van der Waals surface area contributed by atoms with Crippen molar-refractivity contribution in [3.8, 4) is 0 Å². The number of halogens is 7. The van der Waals surface area contributed by atoms with Crippen molar-refractivity contribution in [2.75, 3.05) is 0 Å². The van der Waals surface area contributed by atoms with Crippen LogP contribution in [0.1, 0.15) is 22.3 Å². The van der Waals surface area contributed by atoms with Gasteiger partial charge in [-0.05, 0) is 24.6 Å². The molecule has 0 aliphatic heterocycles. The minimum atomic E-state index is -5.14. The van der Waals surface area contributed by atoms with Gasteiger partial charge in [-0.25, -0.2) is 0 Å². The number of rotatable bonds is 3. The summed E-state index contributed by atoms with van der Waals surface area (Å²) < 4.78 is 76.1. The summed E-state index contributed by atoms with van der Waals surface area (Å²) in [5, 5.41) is -0.305. The van der Waals surface area contributed by atoms with Crippen LogP contribution in [0, 0.1) is 6.92 Å². The first kappa shape index (κ1) is 17.7. The molecule has 126 valence electrons. The Morgan fingerprint density at radius 2 is 1.78 bits per heavy atom. The third-order valence-electron chi connectivity index (χ3n) is 3.22. The Balaban J connectivity index is 2.63. The minimum absolute atomic E-state index is 0.0619. The van der Waals surface area contributed by atoms with Crippen LogP contribution in [-0.2, 0) is 6.54 Å². The highest BCUT2D eigenvalue weighted by molar-refractivity contribution is 6.37. The number of benzene rings is 1. The highest BCUT2D eigenvalue weighted by Gasteiger charge is 2.41. The van der Waals surface area contributed by atoms with Gasteiger partial charge in [0.1, 0.15) is 0 Å². The van der Waals surface area contributed by atoms with Crippen LogP contribution in [-0.4, -0.2) is 22.7 Å². The van der Waals surface area contributed by atoms with Crippen LogP contribution in [0.3, 0.4) is 0 Å². The summed E-state index contributed by atoms with van der Waals surface area (Å²) in [4.78, 5) is 11.5. The summed E-state index contributed by atoms with van der Waals surface area (Å²) >= 11 is 5.91. The number of aromatic nitrogens is 1. The molecule has 1 aromatic heterocycles. The number of aryl methyl sites for hydroxylation is 2. The number of carbonyl (C=O) groups excluding carboxylic acids is 1. The van der Waals surface area contributed by atoms with Crippen molar-refractivity contribution in [3.05, 3.63) is 34.5 Å². The molecule has 2 aromatic rings. The molecule has 0 radical (unpaired) electrons. The summed E-state index contributed by atoms with van der Waals surface area (Å²) in [6.07, 6.45) is -10.1. The van der Waals surface area contributed by atoms with E-state index in [-0.39, 0.29) is 15.9 Å². The van der Waals surface area contributed by atoms with Gasteiger partial charge in [0.05, 0.1) is 22.5 Å². The van der Waals surface area contributed by atoms with E-state index in [1.165, 1.54) is 12.1 Å². The minimum Gasteiger partial charge on any atom is -0.346 e. The first-order valence-electron chi connectivity index (χ1n) is 6.37. The molecule has 0 atom stereocenters. The molecule has 23 heavy (non-hydrogen) atoms. The molecule has 1 heterocycles. The molecule has 0 aliphatic rings. The van der Waals surface area contributed by atoms with Gasteiger partial charge < -0.3 is 4.57 Å². The lowest BCUT2D eigenvalue weighted by molar-refractivity contribution is -0.136. The smallest absolute Gasteiger partial charge is 0.346 e. The molecule has 2 nitrogen and oxygen atoms in total. The van der Waals surface area contributed by atoms with E-state index in [2.05, 4.69) is 0 Å². The molecular weight excluding hydrogens is 348 g/mol. The molecule has 1 aromatic carbocycles. The zero-order valence-electron chi connectivity index (χ0n) is 11.6. The number of fused-ring (bicyclic) bond motifs is 1. The lowest BCUT2D eigenvalue weighted by atomic mass is 10.1. The molecule has 0 aliphatic carbocycles. The topological polar surface area (TPSA) is 22.0 Å². The lowest BCUT2D eigenvalue weighted by Crippen LogP contribution is -2.22. The van der Waals surface area contributed by atoms with Gasteiger partial charge in [0.25, 0.3) is 5.78 Å². The number of nitrogens with zero attached hydrogens (tertiary/aromatic N) is 1. The van der Waals surface area contributed by atoms with Gasteiger partial charge in [0.15, 0.2) is 0 Å². The van der Waals surface area contributed by atoms with Gasteiger partial charge in [-0.2, -0.15) is 26.3 Å². The Kier molecular flexibility index (Phi) is 4.40. The molecule has 0 amide bonds. The molecule has 0 N–H and O–H groups in total. The van der Waals surface area contributed by atoms with Crippen molar-refractivity contribution in [2.45, 2.75) is 32.2 Å². The fourth-order valence-corrected chi connectivity index (χ4v) is 2.63. The summed E-state index contributed by atoms with van der Waals surface area (Å²) in [6.45, 7) is 0.989. The van der Waals surface area contributed by atoms with E-state index in [4.69, 9.17) is 11.6 Å². The predicted molar refractivity (Wildman–Crippen MR) is 72.7 cm³/mol. The van der Waals surface area contributed by atoms with E-state index < -0.39 is 36.7 Å². The standard InChI is InChI=1S/C14H10ClF6NO/c1-7-4-9(15)11-8(12(23)14(19,20)21)6-22(10(11)5-7)3-2-13(16,17)18/h4-6H,2-3H2,1H3. The highest BCUT2D eigenvalue weighted by Crippen LogP contribution is 2.34. The molecule has 0 spiro atoms. The van der Waals surface area contributed by atoms with Crippen LogP contribution >= 0.6 is 11.6 Å². The van der Waals surface area contributed by atoms with Crippen molar-refractivity contribution < 1.29 is 31.1 Å². The molecular formula is C14H10ClF6NO. The number of hydrogen-bond donors (Lipinski definition) is 0. The Hall–Kier alpha value is -1.70. The highest BCUT2D eigenvalue weighted by atomic mass is 35.5. The summed E-state index contributed by atoms with van der Waals surface area (Å²) in [5.41, 5.74) is -0.133. The second-order valence-electron chi connectivity index (χ2n) is 5.07. The summed E-state index contributed by atoms with van der Waals surface area (Å²) in [6, 6.07) is 2.75. The zero-order valence-corrected chi connectivity index (χ0v) is 12.4. The molecule has 0 fully saturated rings. The monoisotopic (exact) mass is 357 g/mol. The molecule has 0 unspecified atom stereocenters. The largest absolute Gasteiger partial charge is 0.454 e. The van der Waals surface area contributed by atoms with Gasteiger partial charge in [-0.3, -0.25) is 4.79 Å². The predicted octanol–water partition coefficient (Wildman–Crippen LogP) is 5.30. The van der Waals surface area contributed by atoms with Gasteiger partial charge in [0, 0.05) is 18.1 Å². The second kappa shape index (κ2) is 5.74. The Labute approximate surface area is 131 Å². The third-order valence-corrected chi connectivity index (χ3v) is 3.51. The third kappa shape index (κ3) is 3.80. The van der Waals surface area contributed by atoms with E-state index >= 15 is 0 Å². The van der Waals surface area contributed by atoms with Crippen LogP contribution in [0.2, 0.25) is 5.02 Å². The second-order valence-corrected chi connectivity index (χ2v) is 5.48. The summed E-state index contributed by atoms with van der Waals surface area (Å²) in [7, 11) is 0. The van der Waals surface area contributed by atoms with Crippen LogP contribution in [0.4, 0.5) is 26.3 Å². The fraction of sp³-hybridized carbons (Fsp3) is 0.357. The maximum Gasteiger partial charge on any atom is 0.454 e. The van der Waals surface area contributed by atoms with Crippen molar-refractivity contribution in [1.82, 2.24) is 4.57 Å². The molecule has 2 rings (SSSR count). The van der Waals surface area contributed by atoms with E-state index in [0.717, 1.165) is 10.8 Å². The van der Waals surface area contributed by atoms with Crippen LogP contribution in [0.25, 0.3) is 10.9 Å². The normalized spacial score (nSPS) is 12.9. The fourth-order valence-electron chi connectivity index (χ4n) is 2.26. The molecule has 0 saturated heterocycles. The van der Waals surface area contributed by atoms with Crippen molar-refractivity contribution in [2.24, 2.45) is 0 Å². The lowest BCUT2D eigenvalue weighted by Gasteiger charge is -2.09. The quantitative estimate of drug-likeness (QED) is 0.539.